The van der Waals surface area contributed by atoms with E-state index in [1.54, 1.807) is 31.0 Å². The summed E-state index contributed by atoms with van der Waals surface area (Å²) in [6, 6.07) is 6.88. The van der Waals surface area contributed by atoms with Crippen molar-refractivity contribution in [2.75, 3.05) is 25.9 Å². The molecule has 0 amide bonds. The minimum Gasteiger partial charge on any atom is -0.356 e. The number of hydrogen-bond acceptors (Lipinski definition) is 2. The van der Waals surface area contributed by atoms with Gasteiger partial charge in [-0.2, -0.15) is 11.8 Å². The molecule has 6 heteroatoms. The van der Waals surface area contributed by atoms with Crippen molar-refractivity contribution in [3.63, 3.8) is 0 Å². The Balaban J connectivity index is 0.00000361. The first-order chi connectivity index (χ1) is 9.27. The molecule has 0 radical (unpaired) electrons. The smallest absolute Gasteiger partial charge is 0.191 e. The maximum absolute atomic E-state index is 13.4. The fraction of sp³-hybridized carbons (Fsp3) is 0.357. The van der Waals surface area contributed by atoms with Crippen LogP contribution in [-0.4, -0.2) is 31.8 Å². The second kappa shape index (κ2) is 12.0. The van der Waals surface area contributed by atoms with Crippen molar-refractivity contribution < 1.29 is 4.39 Å². The number of guanidine groups is 1. The lowest BCUT2D eigenvalue weighted by molar-refractivity contribution is 0.617. The summed E-state index contributed by atoms with van der Waals surface area (Å²) >= 11 is 1.69. The van der Waals surface area contributed by atoms with Crippen LogP contribution in [0.5, 0.6) is 0 Å². The average molecular weight is 409 g/mol. The number of hydrogen-bond donors (Lipinski definition) is 2. The lowest BCUT2D eigenvalue weighted by Crippen LogP contribution is -2.38. The van der Waals surface area contributed by atoms with Gasteiger partial charge in [0, 0.05) is 31.6 Å². The molecule has 0 aromatic heterocycles. The lowest BCUT2D eigenvalue weighted by atomic mass is 10.2. The molecule has 0 aliphatic heterocycles. The molecule has 0 heterocycles. The highest BCUT2D eigenvalue weighted by Crippen LogP contribution is 2.14. The van der Waals surface area contributed by atoms with Gasteiger partial charge >= 0.3 is 0 Å². The summed E-state index contributed by atoms with van der Waals surface area (Å²) in [6.07, 6.45) is 1.78. The van der Waals surface area contributed by atoms with E-state index in [0.717, 1.165) is 23.8 Å². The molecule has 0 bridgehead atoms. The van der Waals surface area contributed by atoms with E-state index in [1.165, 1.54) is 6.07 Å². The van der Waals surface area contributed by atoms with Gasteiger partial charge in [-0.25, -0.2) is 4.39 Å². The summed E-state index contributed by atoms with van der Waals surface area (Å²) in [5.74, 6) is 2.20. The van der Waals surface area contributed by atoms with Crippen LogP contribution in [-0.2, 0) is 5.75 Å². The maximum Gasteiger partial charge on any atom is 0.191 e. The second-order valence-electron chi connectivity index (χ2n) is 3.81. The van der Waals surface area contributed by atoms with Gasteiger partial charge in [-0.15, -0.1) is 30.6 Å². The number of thioether (sulfide) groups is 1. The van der Waals surface area contributed by atoms with Crippen LogP contribution in [0.4, 0.5) is 4.39 Å². The van der Waals surface area contributed by atoms with Crippen LogP contribution in [0, 0.1) is 5.82 Å². The molecule has 0 aliphatic rings. The number of nitrogens with zero attached hydrogens (tertiary/aromatic N) is 1. The van der Waals surface area contributed by atoms with Crippen molar-refractivity contribution in [2.24, 2.45) is 4.99 Å². The van der Waals surface area contributed by atoms with E-state index < -0.39 is 0 Å². The zero-order chi connectivity index (χ0) is 13.9. The van der Waals surface area contributed by atoms with Crippen LogP contribution in [0.15, 0.2) is 41.9 Å². The Hall–Kier alpha value is -0.760. The highest BCUT2D eigenvalue weighted by atomic mass is 127. The van der Waals surface area contributed by atoms with Gasteiger partial charge in [0.1, 0.15) is 5.82 Å². The van der Waals surface area contributed by atoms with Crippen molar-refractivity contribution in [3.8, 4) is 0 Å². The van der Waals surface area contributed by atoms with E-state index in [2.05, 4.69) is 22.2 Å². The summed E-state index contributed by atoms with van der Waals surface area (Å²) in [6.45, 7) is 5.10. The summed E-state index contributed by atoms with van der Waals surface area (Å²) < 4.78 is 13.4. The third-order valence-corrected chi connectivity index (χ3v) is 3.40. The van der Waals surface area contributed by atoms with Gasteiger partial charge in [0.05, 0.1) is 0 Å². The van der Waals surface area contributed by atoms with Gasteiger partial charge in [-0.3, -0.25) is 4.99 Å². The Morgan fingerprint density at radius 3 is 2.80 bits per heavy atom. The summed E-state index contributed by atoms with van der Waals surface area (Å²) in [4.78, 5) is 4.07. The topological polar surface area (TPSA) is 36.4 Å². The predicted molar refractivity (Wildman–Crippen MR) is 97.5 cm³/mol. The van der Waals surface area contributed by atoms with Gasteiger partial charge in [-0.1, -0.05) is 24.3 Å². The number of halogens is 2. The summed E-state index contributed by atoms with van der Waals surface area (Å²) in [5, 5.41) is 6.27. The van der Waals surface area contributed by atoms with Crippen molar-refractivity contribution in [1.29, 1.82) is 0 Å². The highest BCUT2D eigenvalue weighted by molar-refractivity contribution is 14.0. The van der Waals surface area contributed by atoms with Crippen LogP contribution >= 0.6 is 35.7 Å². The van der Waals surface area contributed by atoms with Crippen LogP contribution in [0.25, 0.3) is 0 Å². The molecule has 0 saturated carbocycles. The predicted octanol–water partition coefficient (Wildman–Crippen LogP) is 3.03. The SMILES string of the molecule is C=CCNC(=NC)NCCSCc1ccccc1F.I. The van der Waals surface area contributed by atoms with Crippen molar-refractivity contribution >= 4 is 41.7 Å². The molecule has 1 aromatic rings. The molecule has 0 aliphatic carbocycles. The molecule has 3 nitrogen and oxygen atoms in total. The van der Waals surface area contributed by atoms with Crippen LogP contribution in [0.1, 0.15) is 5.56 Å². The Labute approximate surface area is 141 Å². The van der Waals surface area contributed by atoms with E-state index in [-0.39, 0.29) is 29.8 Å². The molecule has 0 saturated heterocycles. The van der Waals surface area contributed by atoms with Gasteiger partial charge in [0.25, 0.3) is 0 Å². The van der Waals surface area contributed by atoms with Crippen molar-refractivity contribution in [2.45, 2.75) is 5.75 Å². The van der Waals surface area contributed by atoms with E-state index in [1.807, 2.05) is 12.1 Å². The van der Waals surface area contributed by atoms with E-state index >= 15 is 0 Å². The zero-order valence-corrected chi connectivity index (χ0v) is 14.7. The molecule has 2 N–H and O–H groups in total. The molecule has 0 spiro atoms. The van der Waals surface area contributed by atoms with Crippen LogP contribution in [0.2, 0.25) is 0 Å². The second-order valence-corrected chi connectivity index (χ2v) is 4.92. The molecule has 112 valence electrons. The van der Waals surface area contributed by atoms with Crippen molar-refractivity contribution in [1.82, 2.24) is 10.6 Å². The van der Waals surface area contributed by atoms with Crippen LogP contribution in [0.3, 0.4) is 0 Å². The van der Waals surface area contributed by atoms with E-state index in [4.69, 9.17) is 0 Å². The van der Waals surface area contributed by atoms with E-state index in [0.29, 0.717) is 12.3 Å². The normalized spacial score (nSPS) is 10.6. The minimum atomic E-state index is -0.133. The molecule has 0 fully saturated rings. The first-order valence-electron chi connectivity index (χ1n) is 6.14. The Morgan fingerprint density at radius 1 is 1.40 bits per heavy atom. The van der Waals surface area contributed by atoms with Gasteiger partial charge in [0.2, 0.25) is 0 Å². The number of aliphatic imine (C=N–C) groups is 1. The molecule has 0 atom stereocenters. The number of rotatable bonds is 7. The van der Waals surface area contributed by atoms with Gasteiger partial charge < -0.3 is 10.6 Å². The first kappa shape index (κ1) is 19.2. The monoisotopic (exact) mass is 409 g/mol. The fourth-order valence-electron chi connectivity index (χ4n) is 1.43. The molecular weight excluding hydrogens is 388 g/mol. The molecular formula is C14H21FIN3S. The third-order valence-electron chi connectivity index (χ3n) is 2.39. The number of nitrogens with one attached hydrogen (secondary N) is 2. The average Bonchev–Trinajstić information content (AvgIpc) is 2.43. The molecule has 20 heavy (non-hydrogen) atoms. The zero-order valence-electron chi connectivity index (χ0n) is 11.6. The van der Waals surface area contributed by atoms with Crippen molar-refractivity contribution in [3.05, 3.63) is 48.3 Å². The van der Waals surface area contributed by atoms with Gasteiger partial charge in [0.15, 0.2) is 5.96 Å². The molecule has 1 aromatic carbocycles. The Kier molecular flexibility index (Phi) is 11.6. The summed E-state index contributed by atoms with van der Waals surface area (Å²) in [5.41, 5.74) is 0.752. The summed E-state index contributed by atoms with van der Waals surface area (Å²) in [7, 11) is 1.73. The first-order valence-corrected chi connectivity index (χ1v) is 7.30. The number of benzene rings is 1. The Morgan fingerprint density at radius 2 is 2.15 bits per heavy atom. The van der Waals surface area contributed by atoms with E-state index in [9.17, 15) is 4.39 Å². The Bertz CT molecular complexity index is 427. The highest BCUT2D eigenvalue weighted by Gasteiger charge is 2.00. The lowest BCUT2D eigenvalue weighted by Gasteiger charge is -2.10. The maximum atomic E-state index is 13.4. The third kappa shape index (κ3) is 7.74. The minimum absolute atomic E-state index is 0. The standard InChI is InChI=1S/C14H20FN3S.HI/c1-3-8-17-14(16-2)18-9-10-19-11-12-6-4-5-7-13(12)15;/h3-7H,1,8-11H2,2H3,(H2,16,17,18);1H. The van der Waals surface area contributed by atoms with Crippen LogP contribution < -0.4 is 10.6 Å². The largest absolute Gasteiger partial charge is 0.356 e. The van der Waals surface area contributed by atoms with Gasteiger partial charge in [-0.05, 0) is 11.6 Å². The fourth-order valence-corrected chi connectivity index (χ4v) is 2.27. The quantitative estimate of drug-likeness (QED) is 0.239. The molecule has 1 rings (SSSR count). The molecule has 0 unspecified atom stereocenters.